The van der Waals surface area contributed by atoms with Crippen LogP contribution in [0.3, 0.4) is 0 Å². The van der Waals surface area contributed by atoms with Gasteiger partial charge in [0.05, 0.1) is 17.2 Å². The van der Waals surface area contributed by atoms with Crippen molar-refractivity contribution in [3.63, 3.8) is 0 Å². The van der Waals surface area contributed by atoms with Crippen LogP contribution in [0.15, 0.2) is 35.4 Å². The normalized spacial score (nSPS) is 21.3. The Morgan fingerprint density at radius 3 is 2.96 bits per heavy atom. The molecule has 3 heterocycles. The van der Waals surface area contributed by atoms with Crippen LogP contribution >= 0.6 is 0 Å². The average molecular weight is 340 g/mol. The Morgan fingerprint density at radius 1 is 1.16 bits per heavy atom. The number of aryl methyl sites for hydroxylation is 1. The van der Waals surface area contributed by atoms with Crippen LogP contribution < -0.4 is 5.56 Å². The van der Waals surface area contributed by atoms with E-state index in [2.05, 4.69) is 9.88 Å². The van der Waals surface area contributed by atoms with E-state index in [9.17, 15) is 9.59 Å². The first kappa shape index (κ1) is 16.3. The van der Waals surface area contributed by atoms with Gasteiger partial charge in [0.1, 0.15) is 0 Å². The number of carbonyl (C=O) groups is 1. The van der Waals surface area contributed by atoms with Crippen LogP contribution in [0.25, 0.3) is 10.9 Å². The van der Waals surface area contributed by atoms with Gasteiger partial charge in [-0.25, -0.2) is 4.98 Å². The maximum atomic E-state index is 12.6. The second-order valence-corrected chi connectivity index (χ2v) is 7.04. The molecule has 1 amide bonds. The Bertz CT molecular complexity index is 832. The smallest absolute Gasteiger partial charge is 0.261 e. The Morgan fingerprint density at radius 2 is 2.04 bits per heavy atom. The van der Waals surface area contributed by atoms with Gasteiger partial charge < -0.3 is 4.90 Å². The highest BCUT2D eigenvalue weighted by molar-refractivity contribution is 5.77. The van der Waals surface area contributed by atoms with E-state index < -0.39 is 0 Å². The zero-order valence-electron chi connectivity index (χ0n) is 14.4. The predicted molar refractivity (Wildman–Crippen MR) is 96.4 cm³/mol. The van der Waals surface area contributed by atoms with Crippen molar-refractivity contribution in [2.24, 2.45) is 0 Å². The maximum Gasteiger partial charge on any atom is 0.261 e. The number of carbonyl (C=O) groups excluding carboxylic acids is 1. The van der Waals surface area contributed by atoms with E-state index in [1.165, 1.54) is 25.8 Å². The van der Waals surface area contributed by atoms with E-state index in [4.69, 9.17) is 0 Å². The second-order valence-electron chi connectivity index (χ2n) is 7.04. The maximum absolute atomic E-state index is 12.6. The molecule has 2 aromatic rings. The molecule has 2 saturated heterocycles. The van der Waals surface area contributed by atoms with Crippen LogP contribution in [0, 0.1) is 0 Å². The van der Waals surface area contributed by atoms with E-state index in [0.29, 0.717) is 29.9 Å². The van der Waals surface area contributed by atoms with Crippen LogP contribution in [0.5, 0.6) is 0 Å². The van der Waals surface area contributed by atoms with E-state index in [-0.39, 0.29) is 11.5 Å². The Kier molecular flexibility index (Phi) is 4.53. The quantitative estimate of drug-likeness (QED) is 0.849. The van der Waals surface area contributed by atoms with E-state index in [1.54, 1.807) is 17.0 Å². The summed E-state index contributed by atoms with van der Waals surface area (Å²) in [7, 11) is 0. The molecule has 4 rings (SSSR count). The third kappa shape index (κ3) is 3.31. The molecular formula is C19H24N4O2. The number of piperidine rings is 1. The van der Waals surface area contributed by atoms with Crippen molar-refractivity contribution in [2.75, 3.05) is 26.2 Å². The molecular weight excluding hydrogens is 316 g/mol. The highest BCUT2D eigenvalue weighted by Crippen LogP contribution is 2.21. The number of nitrogens with zero attached hydrogens (tertiary/aromatic N) is 4. The molecule has 1 aromatic carbocycles. The largest absolute Gasteiger partial charge is 0.340 e. The first-order chi connectivity index (χ1) is 12.2. The monoisotopic (exact) mass is 340 g/mol. The number of hydrogen-bond acceptors (Lipinski definition) is 4. The first-order valence-electron chi connectivity index (χ1n) is 9.18. The summed E-state index contributed by atoms with van der Waals surface area (Å²) in [6.07, 6.45) is 5.64. The molecule has 1 aromatic heterocycles. The van der Waals surface area contributed by atoms with Crippen LogP contribution in [-0.4, -0.2) is 57.5 Å². The summed E-state index contributed by atoms with van der Waals surface area (Å²) >= 11 is 0. The van der Waals surface area contributed by atoms with Gasteiger partial charge in [0.25, 0.3) is 5.56 Å². The molecule has 1 atom stereocenters. The lowest BCUT2D eigenvalue weighted by Gasteiger charge is -2.44. The van der Waals surface area contributed by atoms with Gasteiger partial charge in [-0.15, -0.1) is 0 Å². The fraction of sp³-hybridized carbons (Fsp3) is 0.526. The molecule has 0 bridgehead atoms. The summed E-state index contributed by atoms with van der Waals surface area (Å²) in [4.78, 5) is 33.9. The van der Waals surface area contributed by atoms with Gasteiger partial charge in [-0.2, -0.15) is 0 Å². The van der Waals surface area contributed by atoms with Gasteiger partial charge in [0, 0.05) is 38.6 Å². The van der Waals surface area contributed by atoms with Crippen molar-refractivity contribution in [3.05, 3.63) is 40.9 Å². The molecule has 2 aliphatic heterocycles. The fourth-order valence-corrected chi connectivity index (χ4v) is 4.02. The van der Waals surface area contributed by atoms with Gasteiger partial charge in [-0.1, -0.05) is 18.6 Å². The van der Waals surface area contributed by atoms with E-state index in [1.807, 2.05) is 23.1 Å². The van der Waals surface area contributed by atoms with Crippen molar-refractivity contribution in [1.82, 2.24) is 19.4 Å². The summed E-state index contributed by atoms with van der Waals surface area (Å²) in [5.74, 6) is 0.144. The summed E-state index contributed by atoms with van der Waals surface area (Å²) in [5.41, 5.74) is 0.624. The number of para-hydroxylation sites is 1. The van der Waals surface area contributed by atoms with Crippen molar-refractivity contribution in [1.29, 1.82) is 0 Å². The highest BCUT2D eigenvalue weighted by Gasteiger charge is 2.30. The van der Waals surface area contributed by atoms with Gasteiger partial charge in [0.2, 0.25) is 5.91 Å². The molecule has 6 heteroatoms. The lowest BCUT2D eigenvalue weighted by molar-refractivity contribution is -0.135. The SMILES string of the molecule is O=C(CCn1cnc2ccccc2c1=O)N1CCN2CCCC[C@@H]2C1. The standard InChI is InChI=1S/C19H24N4O2/c24-18(22-12-11-21-9-4-3-5-15(21)13-22)8-10-23-14-20-17-7-2-1-6-16(17)19(23)25/h1-2,6-7,14-15H,3-5,8-13H2/t15-/m1/s1. The summed E-state index contributed by atoms with van der Waals surface area (Å²) < 4.78 is 1.55. The van der Waals surface area contributed by atoms with Gasteiger partial charge >= 0.3 is 0 Å². The topological polar surface area (TPSA) is 58.4 Å². The average Bonchev–Trinajstić information content (AvgIpc) is 2.67. The van der Waals surface area contributed by atoms with Gasteiger partial charge in [-0.3, -0.25) is 19.1 Å². The Hall–Kier alpha value is -2.21. The molecule has 0 saturated carbocycles. The number of amides is 1. The van der Waals surface area contributed by atoms with Crippen LogP contribution in [0.2, 0.25) is 0 Å². The van der Waals surface area contributed by atoms with Crippen LogP contribution in [0.4, 0.5) is 0 Å². The van der Waals surface area contributed by atoms with Crippen molar-refractivity contribution >= 4 is 16.8 Å². The minimum atomic E-state index is -0.0736. The molecule has 2 aliphatic rings. The van der Waals surface area contributed by atoms with Gasteiger partial charge in [0.15, 0.2) is 0 Å². The van der Waals surface area contributed by atoms with E-state index in [0.717, 1.165) is 19.6 Å². The lowest BCUT2D eigenvalue weighted by Crippen LogP contribution is -2.56. The van der Waals surface area contributed by atoms with Crippen LogP contribution in [-0.2, 0) is 11.3 Å². The summed E-state index contributed by atoms with van der Waals surface area (Å²) in [5, 5.41) is 0.605. The second kappa shape index (κ2) is 6.96. The zero-order chi connectivity index (χ0) is 17.2. The molecule has 0 aliphatic carbocycles. The molecule has 2 fully saturated rings. The lowest BCUT2D eigenvalue weighted by atomic mass is 9.99. The van der Waals surface area contributed by atoms with Crippen molar-refractivity contribution < 1.29 is 4.79 Å². The minimum Gasteiger partial charge on any atom is -0.340 e. The number of hydrogen-bond donors (Lipinski definition) is 0. The highest BCUT2D eigenvalue weighted by atomic mass is 16.2. The third-order valence-corrected chi connectivity index (χ3v) is 5.49. The molecule has 25 heavy (non-hydrogen) atoms. The third-order valence-electron chi connectivity index (χ3n) is 5.49. The van der Waals surface area contributed by atoms with Crippen molar-refractivity contribution in [3.8, 4) is 0 Å². The molecule has 0 spiro atoms. The Balaban J connectivity index is 1.40. The predicted octanol–water partition coefficient (Wildman–Crippen LogP) is 1.48. The number of rotatable bonds is 3. The number of fused-ring (bicyclic) bond motifs is 2. The number of benzene rings is 1. The van der Waals surface area contributed by atoms with Crippen LogP contribution in [0.1, 0.15) is 25.7 Å². The Labute approximate surface area is 147 Å². The molecule has 0 unspecified atom stereocenters. The zero-order valence-corrected chi connectivity index (χ0v) is 14.4. The number of piperazine rings is 1. The van der Waals surface area contributed by atoms with Gasteiger partial charge in [-0.05, 0) is 31.5 Å². The van der Waals surface area contributed by atoms with Crippen molar-refractivity contribution in [2.45, 2.75) is 38.3 Å². The fourth-order valence-electron chi connectivity index (χ4n) is 4.02. The molecule has 0 radical (unpaired) electrons. The molecule has 0 N–H and O–H groups in total. The van der Waals surface area contributed by atoms with E-state index >= 15 is 0 Å². The summed E-state index contributed by atoms with van der Waals surface area (Å²) in [6, 6.07) is 7.84. The molecule has 6 nitrogen and oxygen atoms in total. The minimum absolute atomic E-state index is 0.0736. The summed E-state index contributed by atoms with van der Waals surface area (Å²) in [6.45, 7) is 4.18. The first-order valence-corrected chi connectivity index (χ1v) is 9.18. The molecule has 132 valence electrons. The number of aromatic nitrogens is 2.